The Hall–Kier alpha value is -3.32. The molecule has 38 heavy (non-hydrogen) atoms. The van der Waals surface area contributed by atoms with Gasteiger partial charge in [-0.1, -0.05) is 12.1 Å². The van der Waals surface area contributed by atoms with Crippen molar-refractivity contribution < 1.29 is 35.1 Å². The van der Waals surface area contributed by atoms with Crippen LogP contribution < -0.4 is 9.46 Å². The summed E-state index contributed by atoms with van der Waals surface area (Å²) in [6.45, 7) is 0.213. The molecule has 2 aromatic carbocycles. The Bertz CT molecular complexity index is 1400. The fourth-order valence-corrected chi connectivity index (χ4v) is 6.22. The average molecular weight is 555 g/mol. The predicted molar refractivity (Wildman–Crippen MR) is 127 cm³/mol. The van der Waals surface area contributed by atoms with Crippen LogP contribution in [0.2, 0.25) is 0 Å². The number of hydrogen-bond acceptors (Lipinski definition) is 6. The van der Waals surface area contributed by atoms with Gasteiger partial charge in [0.1, 0.15) is 34.4 Å². The van der Waals surface area contributed by atoms with E-state index in [0.29, 0.717) is 17.5 Å². The van der Waals surface area contributed by atoms with Crippen molar-refractivity contribution in [2.75, 3.05) is 17.9 Å². The van der Waals surface area contributed by atoms with Gasteiger partial charge in [-0.05, 0) is 49.2 Å². The van der Waals surface area contributed by atoms with E-state index in [1.54, 1.807) is 0 Å². The number of benzene rings is 2. The smallest absolute Gasteiger partial charge is 0.391 e. The minimum atomic E-state index is -4.38. The summed E-state index contributed by atoms with van der Waals surface area (Å²) in [5, 5.41) is 0. The van der Waals surface area contributed by atoms with E-state index in [9.17, 15) is 26.0 Å². The van der Waals surface area contributed by atoms with Gasteiger partial charge in [0.25, 0.3) is 10.0 Å². The van der Waals surface area contributed by atoms with E-state index < -0.39 is 50.7 Å². The average Bonchev–Trinajstić information content (AvgIpc) is 2.88. The fourth-order valence-electron chi connectivity index (χ4n) is 5.13. The highest BCUT2D eigenvalue weighted by molar-refractivity contribution is 7.92. The molecule has 2 aliphatic rings. The van der Waals surface area contributed by atoms with Crippen molar-refractivity contribution in [3.05, 3.63) is 77.8 Å². The van der Waals surface area contributed by atoms with Crippen molar-refractivity contribution in [2.24, 2.45) is 5.92 Å². The molecule has 5 rings (SSSR count). The minimum Gasteiger partial charge on any atom is -0.493 e. The SMILES string of the molecule is O=S(=O)(Nc1ccncn1)c1cc2c(cc1F)[C@@H](N1CC[C@H](C(F)(F)F)C[C@@H]1c1ccc(F)cc1)CCO2. The van der Waals surface area contributed by atoms with Crippen LogP contribution in [-0.2, 0) is 10.0 Å². The maximum Gasteiger partial charge on any atom is 0.391 e. The van der Waals surface area contributed by atoms with Gasteiger partial charge < -0.3 is 4.74 Å². The van der Waals surface area contributed by atoms with Crippen molar-refractivity contribution in [1.82, 2.24) is 14.9 Å². The number of hydrogen-bond donors (Lipinski definition) is 1. The van der Waals surface area contributed by atoms with Crippen molar-refractivity contribution in [2.45, 2.75) is 42.4 Å². The first kappa shape index (κ1) is 26.3. The third-order valence-corrected chi connectivity index (χ3v) is 8.31. The van der Waals surface area contributed by atoms with E-state index in [4.69, 9.17) is 4.74 Å². The fraction of sp³-hybridized carbons (Fsp3) is 0.360. The van der Waals surface area contributed by atoms with Gasteiger partial charge in [0.15, 0.2) is 0 Å². The normalized spacial score (nSPS) is 22.4. The van der Waals surface area contributed by atoms with E-state index in [-0.39, 0.29) is 37.6 Å². The summed E-state index contributed by atoms with van der Waals surface area (Å²) in [5.41, 5.74) is 0.856. The summed E-state index contributed by atoms with van der Waals surface area (Å²) in [4.78, 5) is 8.68. The van der Waals surface area contributed by atoms with Crippen LogP contribution in [0.1, 0.15) is 42.5 Å². The Morgan fingerprint density at radius 2 is 1.79 bits per heavy atom. The van der Waals surface area contributed by atoms with Crippen LogP contribution in [0.25, 0.3) is 0 Å². The van der Waals surface area contributed by atoms with Gasteiger partial charge in [0, 0.05) is 36.3 Å². The van der Waals surface area contributed by atoms with Crippen LogP contribution in [0.3, 0.4) is 0 Å². The largest absolute Gasteiger partial charge is 0.493 e. The molecule has 202 valence electrons. The number of anilines is 1. The summed E-state index contributed by atoms with van der Waals surface area (Å²) in [6, 6.07) is 7.51. The van der Waals surface area contributed by atoms with Gasteiger partial charge in [0.2, 0.25) is 0 Å². The second-order valence-electron chi connectivity index (χ2n) is 9.24. The standard InChI is InChI=1S/C25H23F5N4O3S/c26-17-3-1-15(2-4-17)21-11-16(25(28,29)30)6-9-34(21)20-7-10-37-22-13-23(19(27)12-18(20)22)38(35,36)33-24-5-8-31-14-32-24/h1-5,8,12-14,16,20-21H,6-7,9-11H2,(H,31,32,33)/t16-,20-,21+/m0/s1. The first-order valence-electron chi connectivity index (χ1n) is 11.9. The van der Waals surface area contributed by atoms with Crippen molar-refractivity contribution >= 4 is 15.8 Å². The highest BCUT2D eigenvalue weighted by atomic mass is 32.2. The first-order chi connectivity index (χ1) is 18.0. The first-order valence-corrected chi connectivity index (χ1v) is 13.3. The maximum absolute atomic E-state index is 15.3. The van der Waals surface area contributed by atoms with Gasteiger partial charge in [-0.3, -0.25) is 9.62 Å². The number of nitrogens with zero attached hydrogens (tertiary/aromatic N) is 3. The number of nitrogens with one attached hydrogen (secondary N) is 1. The zero-order valence-corrected chi connectivity index (χ0v) is 20.6. The Morgan fingerprint density at radius 1 is 1.03 bits per heavy atom. The van der Waals surface area contributed by atoms with Gasteiger partial charge in [-0.25, -0.2) is 27.2 Å². The van der Waals surface area contributed by atoms with Gasteiger partial charge in [-0.2, -0.15) is 13.2 Å². The molecule has 0 bridgehead atoms. The predicted octanol–water partition coefficient (Wildman–Crippen LogP) is 5.39. The summed E-state index contributed by atoms with van der Waals surface area (Å²) in [5.74, 6) is -3.01. The Labute approximate surface area is 215 Å². The number of rotatable bonds is 5. The molecule has 7 nitrogen and oxygen atoms in total. The van der Waals surface area contributed by atoms with Crippen molar-refractivity contribution in [3.8, 4) is 5.75 Å². The number of alkyl halides is 3. The summed E-state index contributed by atoms with van der Waals surface area (Å²) in [7, 11) is -4.37. The molecule has 0 amide bonds. The molecule has 0 spiro atoms. The number of halogens is 5. The quantitative estimate of drug-likeness (QED) is 0.426. The molecule has 0 saturated carbocycles. The maximum atomic E-state index is 15.3. The molecule has 3 heterocycles. The minimum absolute atomic E-state index is 0.0504. The Morgan fingerprint density at radius 3 is 2.47 bits per heavy atom. The lowest BCUT2D eigenvalue weighted by Crippen LogP contribution is -2.44. The van der Waals surface area contributed by atoms with E-state index in [1.165, 1.54) is 36.5 Å². The molecule has 1 fully saturated rings. The lowest BCUT2D eigenvalue weighted by molar-refractivity contribution is -0.192. The third-order valence-electron chi connectivity index (χ3n) is 6.94. The Kier molecular flexibility index (Phi) is 6.99. The number of sulfonamides is 1. The molecule has 3 atom stereocenters. The Balaban J connectivity index is 1.49. The summed E-state index contributed by atoms with van der Waals surface area (Å²) < 4.78 is 103. The summed E-state index contributed by atoms with van der Waals surface area (Å²) in [6.07, 6.45) is -1.96. The molecule has 0 unspecified atom stereocenters. The number of aromatic nitrogens is 2. The lowest BCUT2D eigenvalue weighted by atomic mass is 9.84. The highest BCUT2D eigenvalue weighted by Gasteiger charge is 2.46. The van der Waals surface area contributed by atoms with Crippen LogP contribution in [0, 0.1) is 17.6 Å². The van der Waals surface area contributed by atoms with Crippen molar-refractivity contribution in [1.29, 1.82) is 0 Å². The third kappa shape index (κ3) is 5.30. The molecule has 13 heteroatoms. The molecule has 0 aliphatic carbocycles. The zero-order valence-electron chi connectivity index (χ0n) is 19.8. The number of ether oxygens (including phenoxy) is 1. The van der Waals surface area contributed by atoms with Crippen LogP contribution in [0.5, 0.6) is 5.75 Å². The van der Waals surface area contributed by atoms with E-state index in [2.05, 4.69) is 14.7 Å². The van der Waals surface area contributed by atoms with E-state index >= 15 is 4.39 Å². The molecule has 2 aliphatic heterocycles. The monoisotopic (exact) mass is 554 g/mol. The second-order valence-corrected chi connectivity index (χ2v) is 10.9. The molecular weight excluding hydrogens is 531 g/mol. The molecule has 0 radical (unpaired) electrons. The van der Waals surface area contributed by atoms with Crippen LogP contribution >= 0.6 is 0 Å². The zero-order chi connectivity index (χ0) is 27.1. The molecule has 3 aromatic rings. The van der Waals surface area contributed by atoms with Gasteiger partial charge in [-0.15, -0.1) is 0 Å². The lowest BCUT2D eigenvalue weighted by Gasteiger charge is -2.46. The highest BCUT2D eigenvalue weighted by Crippen LogP contribution is 2.48. The van der Waals surface area contributed by atoms with Crippen LogP contribution in [0.15, 0.2) is 59.9 Å². The molecule has 1 N–H and O–H groups in total. The van der Waals surface area contributed by atoms with Crippen LogP contribution in [-0.4, -0.2) is 42.6 Å². The molecule has 1 saturated heterocycles. The topological polar surface area (TPSA) is 84.4 Å². The van der Waals surface area contributed by atoms with Gasteiger partial charge in [0.05, 0.1) is 12.5 Å². The summed E-state index contributed by atoms with van der Waals surface area (Å²) >= 11 is 0. The number of piperidine rings is 1. The van der Waals surface area contributed by atoms with E-state index in [0.717, 1.165) is 18.5 Å². The molecular formula is C25H23F5N4O3S. The second kappa shape index (κ2) is 10.1. The molecule has 1 aromatic heterocycles. The van der Waals surface area contributed by atoms with Gasteiger partial charge >= 0.3 is 6.18 Å². The van der Waals surface area contributed by atoms with E-state index in [1.807, 2.05) is 4.90 Å². The van der Waals surface area contributed by atoms with Crippen LogP contribution in [0.4, 0.5) is 27.8 Å². The number of fused-ring (bicyclic) bond motifs is 1. The number of likely N-dealkylation sites (tertiary alicyclic amines) is 1. The van der Waals surface area contributed by atoms with Crippen molar-refractivity contribution in [3.63, 3.8) is 0 Å².